The zero-order valence-electron chi connectivity index (χ0n) is 16.6. The molecule has 2 aromatic rings. The summed E-state index contributed by atoms with van der Waals surface area (Å²) in [5, 5.41) is 5.46. The minimum Gasteiger partial charge on any atom is -0.482 e. The maximum Gasteiger partial charge on any atom is 0.258 e. The molecule has 1 aliphatic rings. The fraction of sp³-hybridized carbons (Fsp3) is 0.333. The van der Waals surface area contributed by atoms with Crippen LogP contribution < -0.4 is 20.1 Å². The standard InChI is InChI=1S/C21H24N2O5S/c1-13-4-6-16-18(8-13)29(26)19-9-14(2)5-7-17(19)28-12-21(25)23-15(3)10-22-20(24)11-27-16/h4-9,15H,10-12H2,1-3H3,(H,22,24)(H,23,25). The van der Waals surface area contributed by atoms with Crippen molar-refractivity contribution in [3.63, 3.8) is 0 Å². The number of nitrogens with one attached hydrogen (secondary N) is 2. The maximum atomic E-state index is 13.4. The van der Waals surface area contributed by atoms with Gasteiger partial charge in [-0.2, -0.15) is 0 Å². The Balaban J connectivity index is 2.04. The first kappa shape index (κ1) is 20.9. The summed E-state index contributed by atoms with van der Waals surface area (Å²) in [4.78, 5) is 25.2. The molecule has 0 spiro atoms. The first-order valence-electron chi connectivity index (χ1n) is 9.28. The molecule has 0 aromatic heterocycles. The Morgan fingerprint density at radius 1 is 0.897 bits per heavy atom. The second-order valence-electron chi connectivity index (χ2n) is 7.02. The molecule has 1 heterocycles. The molecule has 2 atom stereocenters. The van der Waals surface area contributed by atoms with Gasteiger partial charge < -0.3 is 20.1 Å². The molecular weight excluding hydrogens is 392 g/mol. The maximum absolute atomic E-state index is 13.4. The Morgan fingerprint density at radius 3 is 1.97 bits per heavy atom. The van der Waals surface area contributed by atoms with E-state index in [1.54, 1.807) is 31.2 Å². The lowest BCUT2D eigenvalue weighted by atomic mass is 10.2. The fourth-order valence-electron chi connectivity index (χ4n) is 2.85. The van der Waals surface area contributed by atoms with Crippen molar-refractivity contribution in [2.75, 3.05) is 19.8 Å². The molecule has 1 aliphatic heterocycles. The van der Waals surface area contributed by atoms with E-state index in [-0.39, 0.29) is 37.6 Å². The van der Waals surface area contributed by atoms with Crippen LogP contribution in [0.1, 0.15) is 18.1 Å². The quantitative estimate of drug-likeness (QED) is 0.684. The minimum atomic E-state index is -1.63. The van der Waals surface area contributed by atoms with Crippen molar-refractivity contribution in [1.82, 2.24) is 10.6 Å². The highest BCUT2D eigenvalue weighted by Gasteiger charge is 2.20. The highest BCUT2D eigenvalue weighted by atomic mass is 32.2. The smallest absolute Gasteiger partial charge is 0.258 e. The average Bonchev–Trinajstić information content (AvgIpc) is 2.69. The van der Waals surface area contributed by atoms with Crippen LogP contribution in [-0.4, -0.2) is 41.8 Å². The van der Waals surface area contributed by atoms with Crippen molar-refractivity contribution < 1.29 is 23.3 Å². The molecule has 8 heteroatoms. The van der Waals surface area contributed by atoms with E-state index >= 15 is 0 Å². The minimum absolute atomic E-state index is 0.217. The third-order valence-corrected chi connectivity index (χ3v) is 5.77. The Kier molecular flexibility index (Phi) is 6.53. The average molecular weight is 416 g/mol. The molecular formula is C21H24N2O5S. The monoisotopic (exact) mass is 416 g/mol. The summed E-state index contributed by atoms with van der Waals surface area (Å²) in [6, 6.07) is 10.3. The first-order valence-corrected chi connectivity index (χ1v) is 10.4. The third kappa shape index (κ3) is 5.35. The van der Waals surface area contributed by atoms with Gasteiger partial charge >= 0.3 is 0 Å². The van der Waals surface area contributed by atoms with Gasteiger partial charge in [0.25, 0.3) is 11.8 Å². The van der Waals surface area contributed by atoms with E-state index in [9.17, 15) is 13.8 Å². The van der Waals surface area contributed by atoms with Gasteiger partial charge in [-0.3, -0.25) is 9.59 Å². The Labute approximate surface area is 172 Å². The lowest BCUT2D eigenvalue weighted by Crippen LogP contribution is -2.44. The van der Waals surface area contributed by atoms with E-state index in [2.05, 4.69) is 10.6 Å². The van der Waals surface area contributed by atoms with Crippen molar-refractivity contribution in [3.8, 4) is 11.5 Å². The number of ether oxygens (including phenoxy) is 2. The summed E-state index contributed by atoms with van der Waals surface area (Å²) in [5.74, 6) is 0.0825. The molecule has 7 nitrogen and oxygen atoms in total. The van der Waals surface area contributed by atoms with Crippen LogP contribution in [0.4, 0.5) is 0 Å². The van der Waals surface area contributed by atoms with E-state index < -0.39 is 10.8 Å². The number of carbonyl (C=O) groups excluding carboxylic acids is 2. The molecule has 0 bridgehead atoms. The van der Waals surface area contributed by atoms with Crippen LogP contribution >= 0.6 is 0 Å². The van der Waals surface area contributed by atoms with Gasteiger partial charge in [0.05, 0.1) is 20.6 Å². The summed E-state index contributed by atoms with van der Waals surface area (Å²) in [6.45, 7) is 5.38. The number of aryl methyl sites for hydroxylation is 2. The van der Waals surface area contributed by atoms with Crippen LogP contribution in [0.25, 0.3) is 0 Å². The van der Waals surface area contributed by atoms with Gasteiger partial charge in [0.15, 0.2) is 13.2 Å². The van der Waals surface area contributed by atoms with Crippen molar-refractivity contribution in [3.05, 3.63) is 47.5 Å². The molecule has 0 fully saturated rings. The van der Waals surface area contributed by atoms with Crippen LogP contribution in [0.15, 0.2) is 46.2 Å². The van der Waals surface area contributed by atoms with Crippen LogP contribution in [0.5, 0.6) is 11.5 Å². The van der Waals surface area contributed by atoms with Gasteiger partial charge in [0, 0.05) is 12.6 Å². The molecule has 0 radical (unpaired) electrons. The number of hydrogen-bond acceptors (Lipinski definition) is 5. The topological polar surface area (TPSA) is 93.7 Å². The van der Waals surface area contributed by atoms with E-state index in [1.165, 1.54) is 0 Å². The van der Waals surface area contributed by atoms with Gasteiger partial charge in [0.2, 0.25) is 0 Å². The van der Waals surface area contributed by atoms with Gasteiger partial charge in [-0.1, -0.05) is 12.1 Å². The van der Waals surface area contributed by atoms with Gasteiger partial charge in [-0.05, 0) is 56.2 Å². The second-order valence-corrected chi connectivity index (χ2v) is 8.44. The largest absolute Gasteiger partial charge is 0.482 e. The van der Waals surface area contributed by atoms with Gasteiger partial charge in [-0.15, -0.1) is 0 Å². The molecule has 29 heavy (non-hydrogen) atoms. The highest BCUT2D eigenvalue weighted by Crippen LogP contribution is 2.33. The van der Waals surface area contributed by atoms with Crippen LogP contribution in [-0.2, 0) is 20.4 Å². The fourth-order valence-corrected chi connectivity index (χ4v) is 4.29. The zero-order valence-corrected chi connectivity index (χ0v) is 17.4. The summed E-state index contributed by atoms with van der Waals surface area (Å²) >= 11 is 0. The predicted molar refractivity (Wildman–Crippen MR) is 109 cm³/mol. The molecule has 0 saturated heterocycles. The molecule has 2 N–H and O–H groups in total. The molecule has 154 valence electrons. The van der Waals surface area contributed by atoms with E-state index in [4.69, 9.17) is 9.47 Å². The van der Waals surface area contributed by atoms with E-state index in [1.807, 2.05) is 26.0 Å². The predicted octanol–water partition coefficient (Wildman–Crippen LogP) is 1.86. The van der Waals surface area contributed by atoms with Crippen molar-refractivity contribution >= 4 is 22.6 Å². The molecule has 3 rings (SSSR count). The lowest BCUT2D eigenvalue weighted by Gasteiger charge is -2.15. The number of benzene rings is 2. The molecule has 2 unspecified atom stereocenters. The zero-order chi connectivity index (χ0) is 21.0. The van der Waals surface area contributed by atoms with Crippen LogP contribution in [0.3, 0.4) is 0 Å². The number of fused-ring (bicyclic) bond motifs is 2. The lowest BCUT2D eigenvalue weighted by molar-refractivity contribution is -0.125. The van der Waals surface area contributed by atoms with E-state index in [0.29, 0.717) is 21.3 Å². The summed E-state index contributed by atoms with van der Waals surface area (Å²) in [6.07, 6.45) is 0. The number of carbonyl (C=O) groups is 2. The SMILES string of the molecule is Cc1ccc2c(c1)S(=O)c1cc(C)ccc1OCC(=O)NC(C)CNC(=O)CO2. The van der Waals surface area contributed by atoms with Crippen LogP contribution in [0, 0.1) is 13.8 Å². The Morgan fingerprint density at radius 2 is 1.41 bits per heavy atom. The Bertz CT molecular complexity index is 960. The van der Waals surface area contributed by atoms with E-state index in [0.717, 1.165) is 11.1 Å². The number of hydrogen-bond donors (Lipinski definition) is 2. The molecule has 0 saturated carbocycles. The summed E-state index contributed by atoms with van der Waals surface area (Å²) in [7, 11) is -1.63. The van der Waals surface area contributed by atoms with Crippen molar-refractivity contribution in [2.24, 2.45) is 0 Å². The third-order valence-electron chi connectivity index (χ3n) is 4.33. The molecule has 2 amide bonds. The van der Waals surface area contributed by atoms with Gasteiger partial charge in [0.1, 0.15) is 11.5 Å². The number of rotatable bonds is 0. The van der Waals surface area contributed by atoms with Crippen LogP contribution in [0.2, 0.25) is 0 Å². The Hall–Kier alpha value is -2.87. The normalized spacial score (nSPS) is 20.5. The molecule has 0 aliphatic carbocycles. The summed E-state index contributed by atoms with van der Waals surface area (Å²) in [5.41, 5.74) is 1.82. The number of amides is 2. The van der Waals surface area contributed by atoms with Crippen molar-refractivity contribution in [2.45, 2.75) is 36.6 Å². The second kappa shape index (κ2) is 9.09. The first-order chi connectivity index (χ1) is 13.8. The summed E-state index contributed by atoms with van der Waals surface area (Å²) < 4.78 is 24.8. The highest BCUT2D eigenvalue weighted by molar-refractivity contribution is 7.85. The molecule has 2 aromatic carbocycles. The van der Waals surface area contributed by atoms with Crippen molar-refractivity contribution in [1.29, 1.82) is 0 Å². The van der Waals surface area contributed by atoms with Gasteiger partial charge in [-0.25, -0.2) is 4.21 Å².